The smallest absolute Gasteiger partial charge is 0.273 e. The number of anilines is 1. The van der Waals surface area contributed by atoms with Crippen molar-refractivity contribution in [2.24, 2.45) is 0 Å². The molecule has 0 aromatic heterocycles. The number of hydrogen-bond donors (Lipinski definition) is 1. The Bertz CT molecular complexity index is 687. The van der Waals surface area contributed by atoms with Crippen molar-refractivity contribution in [2.75, 3.05) is 19.0 Å². The minimum absolute atomic E-state index is 0.0919. The highest BCUT2D eigenvalue weighted by molar-refractivity contribution is 5.92. The van der Waals surface area contributed by atoms with E-state index >= 15 is 0 Å². The molecule has 0 aliphatic rings. The Morgan fingerprint density at radius 2 is 1.91 bits per heavy atom. The van der Waals surface area contributed by atoms with E-state index < -0.39 is 4.92 Å². The summed E-state index contributed by atoms with van der Waals surface area (Å²) in [5.41, 5.74) is 0.484. The summed E-state index contributed by atoms with van der Waals surface area (Å²) >= 11 is 0. The first-order chi connectivity index (χ1) is 10.6. The maximum Gasteiger partial charge on any atom is 0.273 e. The van der Waals surface area contributed by atoms with E-state index in [0.717, 1.165) is 0 Å². The molecule has 2 aromatic rings. The number of carbonyl (C=O) groups is 1. The van der Waals surface area contributed by atoms with Crippen LogP contribution in [0.5, 0.6) is 11.5 Å². The van der Waals surface area contributed by atoms with Gasteiger partial charge in [0.15, 0.2) is 6.61 Å². The third-order valence-electron chi connectivity index (χ3n) is 2.75. The van der Waals surface area contributed by atoms with Crippen molar-refractivity contribution in [3.8, 4) is 11.5 Å². The van der Waals surface area contributed by atoms with Crippen LogP contribution in [-0.4, -0.2) is 24.5 Å². The number of nitro benzene ring substituents is 1. The zero-order valence-electron chi connectivity index (χ0n) is 11.8. The zero-order chi connectivity index (χ0) is 15.9. The number of benzene rings is 2. The topological polar surface area (TPSA) is 90.7 Å². The molecule has 0 spiro atoms. The standard InChI is InChI=1S/C15H14N2O5/c1-21-13-6-2-4-11(8-13)16-15(18)10-22-14-7-3-5-12(9-14)17(19)20/h2-9H,10H2,1H3,(H,16,18). The Balaban J connectivity index is 1.92. The fourth-order valence-corrected chi connectivity index (χ4v) is 1.73. The molecule has 2 aromatic carbocycles. The first-order valence-electron chi connectivity index (χ1n) is 6.39. The Labute approximate surface area is 126 Å². The monoisotopic (exact) mass is 302 g/mol. The lowest BCUT2D eigenvalue weighted by atomic mass is 10.3. The number of carbonyl (C=O) groups excluding carboxylic acids is 1. The van der Waals surface area contributed by atoms with Crippen LogP contribution in [0, 0.1) is 10.1 Å². The molecule has 0 unspecified atom stereocenters. The lowest BCUT2D eigenvalue weighted by Crippen LogP contribution is -2.20. The summed E-state index contributed by atoms with van der Waals surface area (Å²) in [5, 5.41) is 13.3. The molecule has 0 atom stereocenters. The zero-order valence-corrected chi connectivity index (χ0v) is 11.8. The van der Waals surface area contributed by atoms with Gasteiger partial charge < -0.3 is 14.8 Å². The molecular formula is C15H14N2O5. The molecule has 0 heterocycles. The largest absolute Gasteiger partial charge is 0.497 e. The SMILES string of the molecule is COc1cccc(NC(=O)COc2cccc([N+](=O)[O-])c2)c1. The first kappa shape index (κ1) is 15.3. The molecule has 0 aliphatic heterocycles. The lowest BCUT2D eigenvalue weighted by molar-refractivity contribution is -0.384. The predicted molar refractivity (Wildman–Crippen MR) is 80.2 cm³/mol. The van der Waals surface area contributed by atoms with Gasteiger partial charge in [-0.2, -0.15) is 0 Å². The molecule has 0 saturated heterocycles. The number of rotatable bonds is 6. The number of non-ortho nitro benzene ring substituents is 1. The van der Waals surface area contributed by atoms with Gasteiger partial charge in [-0.15, -0.1) is 0 Å². The summed E-state index contributed by atoms with van der Waals surface area (Å²) < 4.78 is 10.3. The molecule has 7 heteroatoms. The molecule has 2 rings (SSSR count). The first-order valence-corrected chi connectivity index (χ1v) is 6.39. The highest BCUT2D eigenvalue weighted by atomic mass is 16.6. The van der Waals surface area contributed by atoms with E-state index in [1.807, 2.05) is 0 Å². The van der Waals surface area contributed by atoms with Crippen LogP contribution in [0.15, 0.2) is 48.5 Å². The summed E-state index contributed by atoms with van der Waals surface area (Å²) in [6, 6.07) is 12.5. The van der Waals surface area contributed by atoms with Crippen LogP contribution < -0.4 is 14.8 Å². The van der Waals surface area contributed by atoms with E-state index in [4.69, 9.17) is 9.47 Å². The second-order valence-corrected chi connectivity index (χ2v) is 4.32. The number of amides is 1. The number of hydrogen-bond acceptors (Lipinski definition) is 5. The van der Waals surface area contributed by atoms with Gasteiger partial charge in [0.2, 0.25) is 0 Å². The fourth-order valence-electron chi connectivity index (χ4n) is 1.73. The molecule has 1 amide bonds. The number of methoxy groups -OCH3 is 1. The molecule has 0 radical (unpaired) electrons. The van der Waals surface area contributed by atoms with Crippen LogP contribution >= 0.6 is 0 Å². The van der Waals surface area contributed by atoms with Crippen molar-refractivity contribution >= 4 is 17.3 Å². The van der Waals surface area contributed by atoms with Gasteiger partial charge in [0.25, 0.3) is 11.6 Å². The van der Waals surface area contributed by atoms with Crippen molar-refractivity contribution in [3.05, 3.63) is 58.6 Å². The number of ether oxygens (including phenoxy) is 2. The van der Waals surface area contributed by atoms with Gasteiger partial charge in [-0.05, 0) is 18.2 Å². The third kappa shape index (κ3) is 4.20. The molecule has 0 fully saturated rings. The second kappa shape index (κ2) is 7.07. The lowest BCUT2D eigenvalue weighted by Gasteiger charge is -2.08. The average Bonchev–Trinajstić information content (AvgIpc) is 2.53. The van der Waals surface area contributed by atoms with E-state index in [-0.39, 0.29) is 24.0 Å². The Hall–Kier alpha value is -3.09. The fraction of sp³-hybridized carbons (Fsp3) is 0.133. The van der Waals surface area contributed by atoms with E-state index in [0.29, 0.717) is 11.4 Å². The van der Waals surface area contributed by atoms with Crippen molar-refractivity contribution < 1.29 is 19.2 Å². The molecule has 0 aliphatic carbocycles. The highest BCUT2D eigenvalue weighted by Crippen LogP contribution is 2.19. The summed E-state index contributed by atoms with van der Waals surface area (Å²) in [5.74, 6) is 0.507. The van der Waals surface area contributed by atoms with Crippen molar-refractivity contribution in [1.29, 1.82) is 0 Å². The van der Waals surface area contributed by atoms with Gasteiger partial charge in [-0.1, -0.05) is 12.1 Å². The summed E-state index contributed by atoms with van der Waals surface area (Å²) in [7, 11) is 1.53. The molecular weight excluding hydrogens is 288 g/mol. The number of nitro groups is 1. The van der Waals surface area contributed by atoms with Gasteiger partial charge in [0, 0.05) is 17.8 Å². The molecule has 22 heavy (non-hydrogen) atoms. The van der Waals surface area contributed by atoms with Crippen LogP contribution in [0.4, 0.5) is 11.4 Å². The van der Waals surface area contributed by atoms with E-state index in [1.165, 1.54) is 25.3 Å². The van der Waals surface area contributed by atoms with Crippen molar-refractivity contribution in [3.63, 3.8) is 0 Å². The van der Waals surface area contributed by atoms with Crippen LogP contribution in [0.1, 0.15) is 0 Å². The highest BCUT2D eigenvalue weighted by Gasteiger charge is 2.08. The van der Waals surface area contributed by atoms with Crippen LogP contribution in [0.2, 0.25) is 0 Å². The maximum absolute atomic E-state index is 11.8. The van der Waals surface area contributed by atoms with Gasteiger partial charge in [-0.25, -0.2) is 0 Å². The normalized spacial score (nSPS) is 9.86. The van der Waals surface area contributed by atoms with Crippen molar-refractivity contribution in [2.45, 2.75) is 0 Å². The van der Waals surface area contributed by atoms with Gasteiger partial charge >= 0.3 is 0 Å². The average molecular weight is 302 g/mol. The maximum atomic E-state index is 11.8. The van der Waals surface area contributed by atoms with E-state index in [9.17, 15) is 14.9 Å². The molecule has 7 nitrogen and oxygen atoms in total. The van der Waals surface area contributed by atoms with E-state index in [2.05, 4.69) is 5.32 Å². The number of nitrogens with zero attached hydrogens (tertiary/aromatic N) is 1. The Morgan fingerprint density at radius 3 is 2.64 bits per heavy atom. The van der Waals surface area contributed by atoms with Gasteiger partial charge in [-0.3, -0.25) is 14.9 Å². The molecule has 0 bridgehead atoms. The predicted octanol–water partition coefficient (Wildman–Crippen LogP) is 2.62. The molecule has 114 valence electrons. The minimum atomic E-state index is -0.525. The van der Waals surface area contributed by atoms with Crippen molar-refractivity contribution in [1.82, 2.24) is 0 Å². The summed E-state index contributed by atoms with van der Waals surface area (Å²) in [4.78, 5) is 21.9. The Morgan fingerprint density at radius 1 is 1.18 bits per heavy atom. The number of nitrogens with one attached hydrogen (secondary N) is 1. The summed E-state index contributed by atoms with van der Waals surface area (Å²) in [6.07, 6.45) is 0. The Kier molecular flexibility index (Phi) is 4.92. The van der Waals surface area contributed by atoms with Gasteiger partial charge in [0.1, 0.15) is 11.5 Å². The summed E-state index contributed by atoms with van der Waals surface area (Å²) in [6.45, 7) is -0.252. The minimum Gasteiger partial charge on any atom is -0.497 e. The van der Waals surface area contributed by atoms with E-state index in [1.54, 1.807) is 30.3 Å². The van der Waals surface area contributed by atoms with Crippen LogP contribution in [0.3, 0.4) is 0 Å². The van der Waals surface area contributed by atoms with Crippen LogP contribution in [0.25, 0.3) is 0 Å². The molecule has 0 saturated carbocycles. The molecule has 1 N–H and O–H groups in total. The third-order valence-corrected chi connectivity index (χ3v) is 2.75. The van der Waals surface area contributed by atoms with Gasteiger partial charge in [0.05, 0.1) is 18.1 Å². The van der Waals surface area contributed by atoms with Crippen LogP contribution in [-0.2, 0) is 4.79 Å². The quantitative estimate of drug-likeness (QED) is 0.654. The second-order valence-electron chi connectivity index (χ2n) is 4.32.